The monoisotopic (exact) mass is 271 g/mol. The number of hydrogen-bond acceptors (Lipinski definition) is 1. The molecule has 0 aliphatic carbocycles. The maximum Gasteiger partial charge on any atom is 0.130 e. The van der Waals surface area contributed by atoms with Crippen molar-refractivity contribution in [2.45, 2.75) is 39.2 Å². The van der Waals surface area contributed by atoms with Gasteiger partial charge in [-0.15, -0.1) is 0 Å². The molecule has 0 heterocycles. The Hall–Kier alpha value is -1.67. The molecule has 0 spiro atoms. The first kappa shape index (κ1) is 14.7. The summed E-state index contributed by atoms with van der Waals surface area (Å²) in [7, 11) is 0. The molecule has 0 aliphatic rings. The zero-order valence-corrected chi connectivity index (χ0v) is 12.4. The second kappa shape index (κ2) is 6.19. The lowest BCUT2D eigenvalue weighted by Gasteiger charge is -2.15. The van der Waals surface area contributed by atoms with Crippen LogP contribution >= 0.6 is 0 Å². The molecule has 0 saturated carbocycles. The number of hydrogen-bond donors (Lipinski definition) is 1. The van der Waals surface area contributed by atoms with Gasteiger partial charge in [-0.2, -0.15) is 0 Å². The highest BCUT2D eigenvalue weighted by molar-refractivity contribution is 5.30. The summed E-state index contributed by atoms with van der Waals surface area (Å²) in [5.74, 6) is 0.339. The molecule has 2 N–H and O–H groups in total. The van der Waals surface area contributed by atoms with Crippen LogP contribution in [0, 0.1) is 12.7 Å². The van der Waals surface area contributed by atoms with Crippen LogP contribution in [0.2, 0.25) is 0 Å². The van der Waals surface area contributed by atoms with Gasteiger partial charge < -0.3 is 5.73 Å². The second-order valence-corrected chi connectivity index (χ2v) is 5.69. The fraction of sp³-hybridized carbons (Fsp3) is 0.333. The summed E-state index contributed by atoms with van der Waals surface area (Å²) in [6.07, 6.45) is 0.652. The zero-order chi connectivity index (χ0) is 14.7. The molecule has 0 bridgehead atoms. The Bertz CT molecular complexity index is 572. The quantitative estimate of drug-likeness (QED) is 0.870. The van der Waals surface area contributed by atoms with Gasteiger partial charge in [0.25, 0.3) is 0 Å². The maximum absolute atomic E-state index is 14.0. The normalized spacial score (nSPS) is 12.7. The predicted molar refractivity (Wildman–Crippen MR) is 82.3 cm³/mol. The Morgan fingerprint density at radius 2 is 1.70 bits per heavy atom. The lowest BCUT2D eigenvalue weighted by molar-refractivity contribution is 0.573. The second-order valence-electron chi connectivity index (χ2n) is 5.69. The van der Waals surface area contributed by atoms with E-state index in [1.807, 2.05) is 6.07 Å². The van der Waals surface area contributed by atoms with E-state index in [1.54, 1.807) is 19.1 Å². The first-order valence-corrected chi connectivity index (χ1v) is 7.08. The van der Waals surface area contributed by atoms with Gasteiger partial charge in [-0.1, -0.05) is 56.3 Å². The molecular weight excluding hydrogens is 249 g/mol. The van der Waals surface area contributed by atoms with E-state index in [2.05, 4.69) is 38.1 Å². The van der Waals surface area contributed by atoms with Crippen molar-refractivity contribution in [1.82, 2.24) is 0 Å². The smallest absolute Gasteiger partial charge is 0.130 e. The van der Waals surface area contributed by atoms with E-state index in [-0.39, 0.29) is 11.9 Å². The van der Waals surface area contributed by atoms with Crippen molar-refractivity contribution in [1.29, 1.82) is 0 Å². The minimum atomic E-state index is -0.306. The van der Waals surface area contributed by atoms with Crippen molar-refractivity contribution >= 4 is 0 Å². The molecule has 2 rings (SSSR count). The van der Waals surface area contributed by atoms with E-state index in [9.17, 15) is 4.39 Å². The molecule has 2 heteroatoms. The fourth-order valence-electron chi connectivity index (χ4n) is 2.36. The van der Waals surface area contributed by atoms with Gasteiger partial charge in [0.15, 0.2) is 0 Å². The first-order valence-electron chi connectivity index (χ1n) is 7.08. The van der Waals surface area contributed by atoms with E-state index >= 15 is 0 Å². The standard InChI is InChI=1S/C18H22FN/c1-12(2)15-9-7-14(8-10-15)11-17(20)16-6-4-5-13(3)18(16)19/h4-10,12,17H,11,20H2,1-3H3. The number of halogens is 1. The Morgan fingerprint density at radius 3 is 2.30 bits per heavy atom. The van der Waals surface area contributed by atoms with Gasteiger partial charge in [0.05, 0.1) is 0 Å². The van der Waals surface area contributed by atoms with Gasteiger partial charge >= 0.3 is 0 Å². The van der Waals surface area contributed by atoms with E-state index in [0.29, 0.717) is 23.5 Å². The van der Waals surface area contributed by atoms with Gasteiger partial charge in [-0.3, -0.25) is 0 Å². The summed E-state index contributed by atoms with van der Waals surface area (Å²) in [4.78, 5) is 0. The van der Waals surface area contributed by atoms with Crippen LogP contribution in [0.15, 0.2) is 42.5 Å². The summed E-state index contributed by atoms with van der Waals surface area (Å²) in [5.41, 5.74) is 9.85. The Kier molecular flexibility index (Phi) is 4.56. The van der Waals surface area contributed by atoms with Gasteiger partial charge in [0.1, 0.15) is 5.82 Å². The molecule has 1 nitrogen and oxygen atoms in total. The van der Waals surface area contributed by atoms with Crippen LogP contribution in [-0.2, 0) is 6.42 Å². The van der Waals surface area contributed by atoms with Crippen LogP contribution in [0.1, 0.15) is 48.1 Å². The maximum atomic E-state index is 14.0. The summed E-state index contributed by atoms with van der Waals surface area (Å²) < 4.78 is 14.0. The van der Waals surface area contributed by atoms with Gasteiger partial charge in [-0.05, 0) is 36.0 Å². The summed E-state index contributed by atoms with van der Waals surface area (Å²) in [5, 5.41) is 0. The summed E-state index contributed by atoms with van der Waals surface area (Å²) >= 11 is 0. The van der Waals surface area contributed by atoms with Crippen molar-refractivity contribution in [2.75, 3.05) is 0 Å². The fourth-order valence-corrected chi connectivity index (χ4v) is 2.36. The molecule has 0 fully saturated rings. The number of rotatable bonds is 4. The molecule has 106 valence electrons. The minimum absolute atomic E-state index is 0.182. The Morgan fingerprint density at radius 1 is 1.05 bits per heavy atom. The average molecular weight is 271 g/mol. The number of benzene rings is 2. The predicted octanol–water partition coefficient (Wildman–Crippen LogP) is 4.50. The first-order chi connectivity index (χ1) is 9.49. The van der Waals surface area contributed by atoms with Crippen LogP contribution in [0.4, 0.5) is 4.39 Å². The number of nitrogens with two attached hydrogens (primary N) is 1. The molecule has 0 radical (unpaired) electrons. The van der Waals surface area contributed by atoms with E-state index in [0.717, 1.165) is 5.56 Å². The van der Waals surface area contributed by atoms with Gasteiger partial charge in [0, 0.05) is 11.6 Å². The molecule has 0 aliphatic heterocycles. The summed E-state index contributed by atoms with van der Waals surface area (Å²) in [6.45, 7) is 6.11. The number of aryl methyl sites for hydroxylation is 1. The Labute approximate surface area is 120 Å². The largest absolute Gasteiger partial charge is 0.324 e. The third kappa shape index (κ3) is 3.26. The molecule has 0 amide bonds. The van der Waals surface area contributed by atoms with E-state index in [1.165, 1.54) is 5.56 Å². The highest BCUT2D eigenvalue weighted by Crippen LogP contribution is 2.22. The highest BCUT2D eigenvalue weighted by Gasteiger charge is 2.13. The van der Waals surface area contributed by atoms with Gasteiger partial charge in [-0.25, -0.2) is 4.39 Å². The van der Waals surface area contributed by atoms with Crippen molar-refractivity contribution < 1.29 is 4.39 Å². The molecule has 1 unspecified atom stereocenters. The molecule has 1 atom stereocenters. The topological polar surface area (TPSA) is 26.0 Å². The Balaban J connectivity index is 2.15. The van der Waals surface area contributed by atoms with E-state index < -0.39 is 0 Å². The lowest BCUT2D eigenvalue weighted by Crippen LogP contribution is -2.15. The van der Waals surface area contributed by atoms with Gasteiger partial charge in [0.2, 0.25) is 0 Å². The van der Waals surface area contributed by atoms with Crippen molar-refractivity contribution in [3.8, 4) is 0 Å². The third-order valence-corrected chi connectivity index (χ3v) is 3.72. The third-order valence-electron chi connectivity index (χ3n) is 3.72. The van der Waals surface area contributed by atoms with Crippen LogP contribution in [0.3, 0.4) is 0 Å². The van der Waals surface area contributed by atoms with Crippen molar-refractivity contribution in [3.05, 3.63) is 70.5 Å². The highest BCUT2D eigenvalue weighted by atomic mass is 19.1. The molecule has 2 aromatic rings. The molecule has 0 aromatic heterocycles. The molecule has 20 heavy (non-hydrogen) atoms. The van der Waals surface area contributed by atoms with E-state index in [4.69, 9.17) is 5.73 Å². The minimum Gasteiger partial charge on any atom is -0.324 e. The van der Waals surface area contributed by atoms with Crippen LogP contribution in [0.25, 0.3) is 0 Å². The zero-order valence-electron chi connectivity index (χ0n) is 12.4. The van der Waals surface area contributed by atoms with Crippen LogP contribution in [-0.4, -0.2) is 0 Å². The van der Waals surface area contributed by atoms with Crippen LogP contribution in [0.5, 0.6) is 0 Å². The average Bonchev–Trinajstić information content (AvgIpc) is 2.42. The van der Waals surface area contributed by atoms with Crippen molar-refractivity contribution in [3.63, 3.8) is 0 Å². The lowest BCUT2D eigenvalue weighted by atomic mass is 9.95. The van der Waals surface area contributed by atoms with Crippen molar-refractivity contribution in [2.24, 2.45) is 5.73 Å². The molecular formula is C18H22FN. The summed E-state index contributed by atoms with van der Waals surface area (Å²) in [6, 6.07) is 13.5. The molecule has 2 aromatic carbocycles. The SMILES string of the molecule is Cc1cccc(C(N)Cc2ccc(C(C)C)cc2)c1F. The van der Waals surface area contributed by atoms with Crippen LogP contribution < -0.4 is 5.73 Å². The molecule has 0 saturated heterocycles.